The van der Waals surface area contributed by atoms with Crippen molar-refractivity contribution in [3.63, 3.8) is 0 Å². The third-order valence-corrected chi connectivity index (χ3v) is 6.86. The molecule has 10 heteroatoms. The molecule has 0 aliphatic heterocycles. The molecule has 2 aromatic carbocycles. The summed E-state index contributed by atoms with van der Waals surface area (Å²) in [5.41, 5.74) is 1.33. The molecule has 1 atom stereocenters. The standard InChI is InChI=1S/C24H32ClN3O5S/c1-5-22(24(30)26-2)27(17-18-8-10-19(25)11-9-18)23(29)7-6-16-28(34(4,31)32)20-12-14-21(33-3)15-13-20/h8-15,22H,5-7,16-17H2,1-4H3,(H,26,30). The van der Waals surface area contributed by atoms with Gasteiger partial charge in [-0.25, -0.2) is 8.42 Å². The van der Waals surface area contributed by atoms with Crippen molar-refractivity contribution in [1.82, 2.24) is 10.2 Å². The van der Waals surface area contributed by atoms with Crippen LogP contribution >= 0.6 is 11.6 Å². The van der Waals surface area contributed by atoms with Gasteiger partial charge in [-0.1, -0.05) is 30.7 Å². The highest BCUT2D eigenvalue weighted by Crippen LogP contribution is 2.22. The lowest BCUT2D eigenvalue weighted by molar-refractivity contribution is -0.141. The van der Waals surface area contributed by atoms with Crippen LogP contribution in [0.2, 0.25) is 5.02 Å². The molecule has 0 bridgehead atoms. The number of carbonyl (C=O) groups is 2. The van der Waals surface area contributed by atoms with Gasteiger partial charge in [0.25, 0.3) is 0 Å². The first-order chi connectivity index (χ1) is 16.1. The summed E-state index contributed by atoms with van der Waals surface area (Å²) in [6, 6.07) is 13.1. The van der Waals surface area contributed by atoms with Crippen molar-refractivity contribution in [3.8, 4) is 5.75 Å². The second-order valence-electron chi connectivity index (χ2n) is 7.82. The first-order valence-electron chi connectivity index (χ1n) is 11.0. The molecule has 0 fully saturated rings. The molecule has 0 radical (unpaired) electrons. The predicted octanol–water partition coefficient (Wildman–Crippen LogP) is 3.45. The van der Waals surface area contributed by atoms with Gasteiger partial charge in [-0.15, -0.1) is 0 Å². The van der Waals surface area contributed by atoms with E-state index in [0.717, 1.165) is 11.8 Å². The highest BCUT2D eigenvalue weighted by molar-refractivity contribution is 7.92. The van der Waals surface area contributed by atoms with Gasteiger partial charge in [-0.3, -0.25) is 13.9 Å². The normalized spacial score (nSPS) is 12.0. The smallest absolute Gasteiger partial charge is 0.242 e. The van der Waals surface area contributed by atoms with Crippen molar-refractivity contribution >= 4 is 39.1 Å². The number of hydrogen-bond donors (Lipinski definition) is 1. The summed E-state index contributed by atoms with van der Waals surface area (Å²) < 4.78 is 31.2. The molecule has 1 unspecified atom stereocenters. The maximum atomic E-state index is 13.2. The maximum Gasteiger partial charge on any atom is 0.242 e. The van der Waals surface area contributed by atoms with E-state index in [1.54, 1.807) is 41.3 Å². The van der Waals surface area contributed by atoms with E-state index < -0.39 is 16.1 Å². The molecule has 0 saturated carbocycles. The largest absolute Gasteiger partial charge is 0.497 e. The zero-order chi connectivity index (χ0) is 25.3. The number of anilines is 1. The molecule has 0 spiro atoms. The Labute approximate surface area is 206 Å². The number of methoxy groups -OCH3 is 1. The highest BCUT2D eigenvalue weighted by atomic mass is 35.5. The van der Waals surface area contributed by atoms with Gasteiger partial charge < -0.3 is 15.0 Å². The predicted molar refractivity (Wildman–Crippen MR) is 135 cm³/mol. The fourth-order valence-corrected chi connectivity index (χ4v) is 4.72. The van der Waals surface area contributed by atoms with Crippen LogP contribution in [0.4, 0.5) is 5.69 Å². The van der Waals surface area contributed by atoms with Crippen LogP contribution < -0.4 is 14.4 Å². The number of hydrogen-bond acceptors (Lipinski definition) is 5. The summed E-state index contributed by atoms with van der Waals surface area (Å²) in [4.78, 5) is 27.2. The van der Waals surface area contributed by atoms with Gasteiger partial charge in [0, 0.05) is 31.6 Å². The molecule has 0 heterocycles. The number of rotatable bonds is 12. The Morgan fingerprint density at radius 3 is 2.21 bits per heavy atom. The van der Waals surface area contributed by atoms with Crippen molar-refractivity contribution in [2.75, 3.05) is 31.3 Å². The van der Waals surface area contributed by atoms with Gasteiger partial charge in [0.2, 0.25) is 21.8 Å². The number of ether oxygens (including phenoxy) is 1. The monoisotopic (exact) mass is 509 g/mol. The summed E-state index contributed by atoms with van der Waals surface area (Å²) in [5, 5.41) is 3.20. The highest BCUT2D eigenvalue weighted by Gasteiger charge is 2.28. The van der Waals surface area contributed by atoms with Crippen LogP contribution in [-0.2, 0) is 26.2 Å². The quantitative estimate of drug-likeness (QED) is 0.472. The maximum absolute atomic E-state index is 13.2. The first kappa shape index (κ1) is 27.5. The average molecular weight is 510 g/mol. The third kappa shape index (κ3) is 7.63. The molecular weight excluding hydrogens is 478 g/mol. The first-order valence-corrected chi connectivity index (χ1v) is 13.2. The van der Waals surface area contributed by atoms with E-state index in [-0.39, 0.29) is 31.3 Å². The molecular formula is C24H32ClN3O5S. The lowest BCUT2D eigenvalue weighted by atomic mass is 10.1. The average Bonchev–Trinajstić information content (AvgIpc) is 2.82. The molecule has 8 nitrogen and oxygen atoms in total. The van der Waals surface area contributed by atoms with Crippen molar-refractivity contribution in [3.05, 3.63) is 59.1 Å². The van der Waals surface area contributed by atoms with Crippen LogP contribution in [0, 0.1) is 0 Å². The number of benzene rings is 2. The molecule has 2 rings (SSSR count). The lowest BCUT2D eigenvalue weighted by Gasteiger charge is -2.30. The summed E-state index contributed by atoms with van der Waals surface area (Å²) in [5.74, 6) is 0.138. The number of likely N-dealkylation sites (N-methyl/N-ethyl adjacent to an activating group) is 1. The molecule has 1 N–H and O–H groups in total. The molecule has 0 aromatic heterocycles. The van der Waals surface area contributed by atoms with E-state index in [9.17, 15) is 18.0 Å². The van der Waals surface area contributed by atoms with E-state index in [2.05, 4.69) is 5.32 Å². The number of nitrogens with zero attached hydrogens (tertiary/aromatic N) is 2. The molecule has 2 aromatic rings. The molecule has 0 aliphatic rings. The van der Waals surface area contributed by atoms with Crippen LogP contribution in [0.25, 0.3) is 0 Å². The zero-order valence-electron chi connectivity index (χ0n) is 20.0. The zero-order valence-corrected chi connectivity index (χ0v) is 21.5. The molecule has 2 amide bonds. The van der Waals surface area contributed by atoms with Crippen LogP contribution in [0.1, 0.15) is 31.7 Å². The summed E-state index contributed by atoms with van der Waals surface area (Å²) in [7, 11) is -0.484. The minimum Gasteiger partial charge on any atom is -0.497 e. The second-order valence-corrected chi connectivity index (χ2v) is 10.2. The van der Waals surface area contributed by atoms with Gasteiger partial charge in [0.05, 0.1) is 19.1 Å². The van der Waals surface area contributed by atoms with Crippen molar-refractivity contribution in [1.29, 1.82) is 0 Å². The molecule has 186 valence electrons. The summed E-state index contributed by atoms with van der Waals surface area (Å²) in [6.45, 7) is 2.22. The Hall–Kier alpha value is -2.78. The molecule has 34 heavy (non-hydrogen) atoms. The molecule has 0 aliphatic carbocycles. The van der Waals surface area contributed by atoms with E-state index in [1.807, 2.05) is 19.1 Å². The lowest BCUT2D eigenvalue weighted by Crippen LogP contribution is -2.48. The fourth-order valence-electron chi connectivity index (χ4n) is 3.63. The Morgan fingerprint density at radius 1 is 1.09 bits per heavy atom. The number of nitrogens with one attached hydrogen (secondary N) is 1. The minimum atomic E-state index is -3.56. The Kier molecular flexibility index (Phi) is 10.2. The van der Waals surface area contributed by atoms with Crippen LogP contribution in [0.3, 0.4) is 0 Å². The van der Waals surface area contributed by atoms with Gasteiger partial charge in [-0.2, -0.15) is 0 Å². The van der Waals surface area contributed by atoms with Gasteiger partial charge in [0.15, 0.2) is 0 Å². The number of carbonyl (C=O) groups excluding carboxylic acids is 2. The van der Waals surface area contributed by atoms with Gasteiger partial charge in [-0.05, 0) is 54.8 Å². The minimum absolute atomic E-state index is 0.0866. The number of amides is 2. The topological polar surface area (TPSA) is 96.0 Å². The van der Waals surface area contributed by atoms with E-state index in [0.29, 0.717) is 29.3 Å². The van der Waals surface area contributed by atoms with Crippen molar-refractivity contribution in [2.24, 2.45) is 0 Å². The summed E-state index contributed by atoms with van der Waals surface area (Å²) >= 11 is 5.97. The van der Waals surface area contributed by atoms with Gasteiger partial charge in [0.1, 0.15) is 11.8 Å². The SMILES string of the molecule is CCC(C(=O)NC)N(Cc1ccc(Cl)cc1)C(=O)CCCN(c1ccc(OC)cc1)S(C)(=O)=O. The van der Waals surface area contributed by atoms with Crippen LogP contribution in [0.5, 0.6) is 5.75 Å². The Balaban J connectivity index is 2.17. The van der Waals surface area contributed by atoms with E-state index in [4.69, 9.17) is 16.3 Å². The van der Waals surface area contributed by atoms with Crippen molar-refractivity contribution in [2.45, 2.75) is 38.8 Å². The van der Waals surface area contributed by atoms with E-state index >= 15 is 0 Å². The van der Waals surface area contributed by atoms with Gasteiger partial charge >= 0.3 is 0 Å². The number of sulfonamides is 1. The second kappa shape index (κ2) is 12.6. The van der Waals surface area contributed by atoms with Crippen LogP contribution in [-0.4, -0.2) is 58.1 Å². The summed E-state index contributed by atoms with van der Waals surface area (Å²) in [6.07, 6.45) is 1.95. The Bertz CT molecular complexity index is 1060. The molecule has 0 saturated heterocycles. The Morgan fingerprint density at radius 2 is 1.71 bits per heavy atom. The van der Waals surface area contributed by atoms with E-state index in [1.165, 1.54) is 18.5 Å². The number of halogens is 1. The third-order valence-electron chi connectivity index (χ3n) is 5.41. The van der Waals surface area contributed by atoms with Crippen LogP contribution in [0.15, 0.2) is 48.5 Å². The fraction of sp³-hybridized carbons (Fsp3) is 0.417. The van der Waals surface area contributed by atoms with Crippen molar-refractivity contribution < 1.29 is 22.7 Å².